The Morgan fingerprint density at radius 3 is 2.86 bits per heavy atom. The van der Waals surface area contributed by atoms with Gasteiger partial charge < -0.3 is 21.1 Å². The zero-order chi connectivity index (χ0) is 15.6. The van der Waals surface area contributed by atoms with E-state index in [0.29, 0.717) is 12.2 Å². The van der Waals surface area contributed by atoms with Crippen molar-refractivity contribution in [1.82, 2.24) is 9.80 Å². The molecule has 0 aromatic heterocycles. The Morgan fingerprint density at radius 1 is 1.48 bits per heavy atom. The van der Waals surface area contributed by atoms with Gasteiger partial charge in [-0.25, -0.2) is 9.18 Å². The van der Waals surface area contributed by atoms with E-state index in [9.17, 15) is 14.3 Å². The first-order valence-corrected chi connectivity index (χ1v) is 6.84. The summed E-state index contributed by atoms with van der Waals surface area (Å²) in [6.45, 7) is 3.44. The second-order valence-electron chi connectivity index (χ2n) is 5.47. The fourth-order valence-electron chi connectivity index (χ4n) is 2.52. The molecule has 1 fully saturated rings. The van der Waals surface area contributed by atoms with E-state index in [-0.39, 0.29) is 17.3 Å². The lowest BCUT2D eigenvalue weighted by Gasteiger charge is -2.38. The van der Waals surface area contributed by atoms with E-state index in [1.807, 2.05) is 7.05 Å². The third-order valence-electron chi connectivity index (χ3n) is 3.91. The average molecular weight is 296 g/mol. The normalized spacial score (nSPS) is 20.4. The number of carbonyl (C=O) groups is 1. The van der Waals surface area contributed by atoms with Crippen molar-refractivity contribution in [3.8, 4) is 0 Å². The fourth-order valence-corrected chi connectivity index (χ4v) is 2.52. The molecule has 7 heteroatoms. The first kappa shape index (κ1) is 15.5. The molecule has 0 saturated carbocycles. The fraction of sp³-hybridized carbons (Fsp3) is 0.500. The van der Waals surface area contributed by atoms with E-state index < -0.39 is 11.8 Å². The molecule has 0 aliphatic carbocycles. The number of hydrogen-bond acceptors (Lipinski definition) is 5. The third kappa shape index (κ3) is 3.43. The van der Waals surface area contributed by atoms with Crippen molar-refractivity contribution in [1.29, 1.82) is 0 Å². The number of rotatable bonds is 4. The van der Waals surface area contributed by atoms with Crippen molar-refractivity contribution in [2.45, 2.75) is 6.04 Å². The van der Waals surface area contributed by atoms with E-state index in [2.05, 4.69) is 22.2 Å². The van der Waals surface area contributed by atoms with Crippen LogP contribution in [0.5, 0.6) is 0 Å². The topological polar surface area (TPSA) is 81.8 Å². The molecule has 6 nitrogen and oxygen atoms in total. The van der Waals surface area contributed by atoms with Crippen LogP contribution in [-0.2, 0) is 0 Å². The summed E-state index contributed by atoms with van der Waals surface area (Å²) in [7, 11) is 4.09. The monoisotopic (exact) mass is 296 g/mol. The summed E-state index contributed by atoms with van der Waals surface area (Å²) in [6, 6.07) is 2.86. The van der Waals surface area contributed by atoms with Crippen molar-refractivity contribution in [3.05, 3.63) is 23.5 Å². The number of nitrogen functional groups attached to an aromatic ring is 1. The predicted molar refractivity (Wildman–Crippen MR) is 80.2 cm³/mol. The Bertz CT molecular complexity index is 538. The molecule has 4 N–H and O–H groups in total. The Kier molecular flexibility index (Phi) is 4.64. The number of halogens is 1. The average Bonchev–Trinajstić information content (AvgIpc) is 2.43. The molecule has 1 aromatic rings. The first-order valence-electron chi connectivity index (χ1n) is 6.84. The number of aromatic carboxylic acids is 1. The summed E-state index contributed by atoms with van der Waals surface area (Å²) >= 11 is 0. The molecule has 2 rings (SSSR count). The number of carboxylic acid groups (broad SMARTS) is 1. The molecule has 1 saturated heterocycles. The van der Waals surface area contributed by atoms with Gasteiger partial charge in [-0.1, -0.05) is 0 Å². The summed E-state index contributed by atoms with van der Waals surface area (Å²) < 4.78 is 13.4. The maximum absolute atomic E-state index is 13.4. The zero-order valence-electron chi connectivity index (χ0n) is 12.3. The minimum absolute atomic E-state index is 0.207. The minimum atomic E-state index is -1.23. The molecular weight excluding hydrogens is 275 g/mol. The largest absolute Gasteiger partial charge is 0.478 e. The Balaban J connectivity index is 2.13. The van der Waals surface area contributed by atoms with Crippen LogP contribution in [0.15, 0.2) is 12.1 Å². The van der Waals surface area contributed by atoms with Crippen LogP contribution in [0, 0.1) is 5.82 Å². The van der Waals surface area contributed by atoms with Crippen LogP contribution in [-0.4, -0.2) is 67.2 Å². The summed E-state index contributed by atoms with van der Waals surface area (Å²) in [5.74, 6) is -1.95. The lowest BCUT2D eigenvalue weighted by Crippen LogP contribution is -2.52. The molecular formula is C14H21FN4O2. The van der Waals surface area contributed by atoms with Gasteiger partial charge in [-0.3, -0.25) is 4.90 Å². The van der Waals surface area contributed by atoms with Crippen LogP contribution < -0.4 is 11.1 Å². The highest BCUT2D eigenvalue weighted by Crippen LogP contribution is 2.25. The molecule has 1 unspecified atom stereocenters. The molecule has 0 radical (unpaired) electrons. The van der Waals surface area contributed by atoms with Crippen LogP contribution in [0.4, 0.5) is 15.8 Å². The van der Waals surface area contributed by atoms with Crippen LogP contribution in [0.2, 0.25) is 0 Å². The lowest BCUT2D eigenvalue weighted by molar-refractivity contribution is 0.0698. The van der Waals surface area contributed by atoms with E-state index in [0.717, 1.165) is 19.6 Å². The molecule has 1 aliphatic heterocycles. The van der Waals surface area contributed by atoms with E-state index in [4.69, 9.17) is 5.73 Å². The number of nitrogens with two attached hydrogens (primary N) is 1. The number of carboxylic acids is 1. The number of nitrogens with one attached hydrogen (secondary N) is 1. The van der Waals surface area contributed by atoms with Crippen LogP contribution in [0.1, 0.15) is 10.4 Å². The van der Waals surface area contributed by atoms with Crippen LogP contribution in [0.25, 0.3) is 0 Å². The molecule has 1 heterocycles. The van der Waals surface area contributed by atoms with E-state index in [1.54, 1.807) is 0 Å². The van der Waals surface area contributed by atoms with Crippen molar-refractivity contribution < 1.29 is 14.3 Å². The number of likely N-dealkylation sites (N-methyl/N-ethyl adjacent to an activating group) is 2. The Labute approximate surface area is 123 Å². The Hall–Kier alpha value is -1.86. The van der Waals surface area contributed by atoms with Crippen molar-refractivity contribution in [2.24, 2.45) is 0 Å². The van der Waals surface area contributed by atoms with Crippen LogP contribution >= 0.6 is 0 Å². The molecule has 1 aromatic carbocycles. The molecule has 1 atom stereocenters. The first-order chi connectivity index (χ1) is 9.90. The van der Waals surface area contributed by atoms with Gasteiger partial charge >= 0.3 is 5.97 Å². The van der Waals surface area contributed by atoms with Gasteiger partial charge in [0.05, 0.1) is 11.4 Å². The van der Waals surface area contributed by atoms with Gasteiger partial charge in [0.1, 0.15) is 11.4 Å². The number of hydrogen-bond donors (Lipinski definition) is 3. The number of benzene rings is 1. The highest BCUT2D eigenvalue weighted by atomic mass is 19.1. The van der Waals surface area contributed by atoms with Crippen molar-refractivity contribution in [2.75, 3.05) is 51.3 Å². The summed E-state index contributed by atoms with van der Waals surface area (Å²) in [5, 5.41) is 12.3. The molecule has 21 heavy (non-hydrogen) atoms. The number of piperazine rings is 1. The SMILES string of the molecule is CN1CCN(C)C(CNc2ccc(F)c(N)c2C(=O)O)C1. The summed E-state index contributed by atoms with van der Waals surface area (Å²) in [6.07, 6.45) is 0. The Morgan fingerprint density at radius 2 is 2.19 bits per heavy atom. The van der Waals surface area contributed by atoms with Gasteiger partial charge in [0.25, 0.3) is 0 Å². The van der Waals surface area contributed by atoms with Crippen molar-refractivity contribution >= 4 is 17.3 Å². The molecule has 0 amide bonds. The van der Waals surface area contributed by atoms with E-state index >= 15 is 0 Å². The molecule has 0 spiro atoms. The standard InChI is InChI=1S/C14H21FN4O2/c1-18-5-6-19(2)9(8-18)7-17-11-4-3-10(15)13(16)12(11)14(20)21/h3-4,9,17H,5-8,16H2,1-2H3,(H,20,21). The quantitative estimate of drug-likeness (QED) is 0.712. The summed E-state index contributed by atoms with van der Waals surface area (Å²) in [5.41, 5.74) is 5.34. The van der Waals surface area contributed by atoms with Gasteiger partial charge in [-0.2, -0.15) is 0 Å². The third-order valence-corrected chi connectivity index (χ3v) is 3.91. The van der Waals surface area contributed by atoms with Crippen LogP contribution in [0.3, 0.4) is 0 Å². The lowest BCUT2D eigenvalue weighted by atomic mass is 10.1. The van der Waals surface area contributed by atoms with Gasteiger partial charge in [0.2, 0.25) is 0 Å². The zero-order valence-corrected chi connectivity index (χ0v) is 12.3. The van der Waals surface area contributed by atoms with Crippen molar-refractivity contribution in [3.63, 3.8) is 0 Å². The summed E-state index contributed by atoms with van der Waals surface area (Å²) in [4.78, 5) is 15.7. The second kappa shape index (κ2) is 6.28. The smallest absolute Gasteiger partial charge is 0.340 e. The van der Waals surface area contributed by atoms with E-state index in [1.165, 1.54) is 12.1 Å². The number of nitrogens with zero attached hydrogens (tertiary/aromatic N) is 2. The highest BCUT2D eigenvalue weighted by Gasteiger charge is 2.23. The molecule has 116 valence electrons. The predicted octanol–water partition coefficient (Wildman–Crippen LogP) is 0.764. The maximum Gasteiger partial charge on any atom is 0.340 e. The maximum atomic E-state index is 13.4. The number of anilines is 2. The van der Waals surface area contributed by atoms with Gasteiger partial charge in [0, 0.05) is 32.2 Å². The second-order valence-corrected chi connectivity index (χ2v) is 5.47. The van der Waals surface area contributed by atoms with Gasteiger partial charge in [0.15, 0.2) is 0 Å². The highest BCUT2D eigenvalue weighted by molar-refractivity contribution is 6.00. The molecule has 1 aliphatic rings. The van der Waals surface area contributed by atoms with Gasteiger partial charge in [-0.05, 0) is 26.2 Å². The van der Waals surface area contributed by atoms with Gasteiger partial charge in [-0.15, -0.1) is 0 Å². The molecule has 0 bridgehead atoms. The minimum Gasteiger partial charge on any atom is -0.478 e.